The largest absolute Gasteiger partial charge is 0.457 e. The van der Waals surface area contributed by atoms with Crippen LogP contribution in [0.25, 0.3) is 0 Å². The molecule has 0 aliphatic carbocycles. The molecule has 24 heavy (non-hydrogen) atoms. The molecule has 126 valence electrons. The van der Waals surface area contributed by atoms with Gasteiger partial charge in [0.2, 0.25) is 5.91 Å². The third-order valence-electron chi connectivity index (χ3n) is 3.79. The average Bonchev–Trinajstić information content (AvgIpc) is 2.61. The second-order valence-corrected chi connectivity index (χ2v) is 6.11. The van der Waals surface area contributed by atoms with Crippen molar-refractivity contribution >= 4 is 17.5 Å². The van der Waals surface area contributed by atoms with Crippen LogP contribution in [0.2, 0.25) is 5.02 Å². The minimum atomic E-state index is -0.0651. The van der Waals surface area contributed by atoms with E-state index in [-0.39, 0.29) is 11.8 Å². The summed E-state index contributed by atoms with van der Waals surface area (Å²) < 4.78 is 11.1. The Bertz CT molecular complexity index is 702. The first kappa shape index (κ1) is 16.7. The summed E-state index contributed by atoms with van der Waals surface area (Å²) in [4.78, 5) is 16.4. The van der Waals surface area contributed by atoms with Gasteiger partial charge >= 0.3 is 0 Å². The molecule has 2 heterocycles. The van der Waals surface area contributed by atoms with E-state index in [0.717, 1.165) is 25.1 Å². The van der Waals surface area contributed by atoms with Gasteiger partial charge in [-0.3, -0.25) is 9.78 Å². The highest BCUT2D eigenvalue weighted by atomic mass is 35.5. The Morgan fingerprint density at radius 1 is 1.33 bits per heavy atom. The monoisotopic (exact) mass is 346 g/mol. The molecule has 1 atom stereocenters. The fourth-order valence-corrected chi connectivity index (χ4v) is 2.73. The van der Waals surface area contributed by atoms with E-state index in [1.165, 1.54) is 0 Å². The predicted molar refractivity (Wildman–Crippen MR) is 91.2 cm³/mol. The highest BCUT2D eigenvalue weighted by Gasteiger charge is 2.21. The Labute approximate surface area is 145 Å². The predicted octanol–water partition coefficient (Wildman–Crippen LogP) is 3.57. The van der Waals surface area contributed by atoms with Crippen LogP contribution < -0.4 is 10.1 Å². The number of ether oxygens (including phenoxy) is 2. The fourth-order valence-electron chi connectivity index (χ4n) is 2.55. The zero-order valence-electron chi connectivity index (χ0n) is 13.2. The number of carbonyl (C=O) groups excluding carboxylic acids is 1. The smallest absolute Gasteiger partial charge is 0.225 e. The number of aromatic nitrogens is 1. The molecule has 1 saturated heterocycles. The van der Waals surface area contributed by atoms with Crippen LogP contribution in [0.3, 0.4) is 0 Å². The molecule has 3 rings (SSSR count). The van der Waals surface area contributed by atoms with E-state index in [0.29, 0.717) is 29.7 Å². The lowest BCUT2D eigenvalue weighted by atomic mass is 10.0. The van der Waals surface area contributed by atoms with Gasteiger partial charge in [0.25, 0.3) is 0 Å². The van der Waals surface area contributed by atoms with Gasteiger partial charge in [-0.2, -0.15) is 0 Å². The number of rotatable bonds is 5. The number of hydrogen-bond acceptors (Lipinski definition) is 4. The first-order valence-corrected chi connectivity index (χ1v) is 8.32. The van der Waals surface area contributed by atoms with Gasteiger partial charge in [0.15, 0.2) is 0 Å². The number of hydrogen-bond donors (Lipinski definition) is 1. The molecule has 1 unspecified atom stereocenters. The van der Waals surface area contributed by atoms with Crippen LogP contribution in [0.5, 0.6) is 11.5 Å². The summed E-state index contributed by atoms with van der Waals surface area (Å²) >= 11 is 5.95. The molecule has 1 aliphatic heterocycles. The molecule has 1 amide bonds. The average molecular weight is 347 g/mol. The second-order valence-electron chi connectivity index (χ2n) is 5.67. The molecule has 5 nitrogen and oxygen atoms in total. The lowest BCUT2D eigenvalue weighted by molar-refractivity contribution is -0.129. The quantitative estimate of drug-likeness (QED) is 0.899. The van der Waals surface area contributed by atoms with Gasteiger partial charge in [0.1, 0.15) is 11.5 Å². The highest BCUT2D eigenvalue weighted by Crippen LogP contribution is 2.24. The summed E-state index contributed by atoms with van der Waals surface area (Å²) in [5.41, 5.74) is 0.736. The van der Waals surface area contributed by atoms with Gasteiger partial charge in [0.05, 0.1) is 24.8 Å². The lowest BCUT2D eigenvalue weighted by Crippen LogP contribution is -2.35. The van der Waals surface area contributed by atoms with Crippen molar-refractivity contribution in [1.82, 2.24) is 10.3 Å². The van der Waals surface area contributed by atoms with Crippen LogP contribution in [-0.2, 0) is 16.1 Å². The van der Waals surface area contributed by atoms with Crippen molar-refractivity contribution < 1.29 is 14.3 Å². The fraction of sp³-hybridized carbons (Fsp3) is 0.333. The third kappa shape index (κ3) is 4.69. The van der Waals surface area contributed by atoms with Crippen LogP contribution in [0.15, 0.2) is 42.6 Å². The number of amides is 1. The molecule has 1 aromatic heterocycles. The maximum Gasteiger partial charge on any atom is 0.225 e. The Kier molecular flexibility index (Phi) is 5.67. The van der Waals surface area contributed by atoms with Crippen molar-refractivity contribution in [3.8, 4) is 11.5 Å². The van der Waals surface area contributed by atoms with E-state index >= 15 is 0 Å². The molecule has 1 aliphatic rings. The van der Waals surface area contributed by atoms with Crippen LogP contribution in [0, 0.1) is 5.92 Å². The van der Waals surface area contributed by atoms with E-state index in [2.05, 4.69) is 10.3 Å². The number of nitrogens with one attached hydrogen (secondary N) is 1. The highest BCUT2D eigenvalue weighted by molar-refractivity contribution is 6.30. The molecular weight excluding hydrogens is 328 g/mol. The second kappa shape index (κ2) is 8.13. The summed E-state index contributed by atoms with van der Waals surface area (Å²) in [6.45, 7) is 1.60. The molecular formula is C18H19ClN2O3. The summed E-state index contributed by atoms with van der Waals surface area (Å²) in [6, 6.07) is 10.8. The van der Waals surface area contributed by atoms with Crippen LogP contribution in [0.1, 0.15) is 18.5 Å². The van der Waals surface area contributed by atoms with E-state index in [4.69, 9.17) is 21.1 Å². The molecule has 1 aromatic carbocycles. The Morgan fingerprint density at radius 3 is 3.00 bits per heavy atom. The van der Waals surface area contributed by atoms with Crippen LogP contribution in [-0.4, -0.2) is 24.1 Å². The molecule has 0 radical (unpaired) electrons. The van der Waals surface area contributed by atoms with Crippen molar-refractivity contribution in [2.45, 2.75) is 19.4 Å². The number of carbonyl (C=O) groups is 1. The van der Waals surface area contributed by atoms with Gasteiger partial charge in [-0.15, -0.1) is 0 Å². The number of pyridine rings is 1. The van der Waals surface area contributed by atoms with Gasteiger partial charge < -0.3 is 14.8 Å². The summed E-state index contributed by atoms with van der Waals surface area (Å²) in [5.74, 6) is 1.25. The van der Waals surface area contributed by atoms with Crippen LogP contribution in [0.4, 0.5) is 0 Å². The normalized spacial score (nSPS) is 17.3. The van der Waals surface area contributed by atoms with E-state index in [9.17, 15) is 4.79 Å². The SMILES string of the molecule is O=C(NCc1cc(Oc2cccc(Cl)c2)ccn1)C1CCCOC1. The first-order valence-electron chi connectivity index (χ1n) is 7.94. The number of nitrogens with zero attached hydrogens (tertiary/aromatic N) is 1. The maximum absolute atomic E-state index is 12.1. The first-order chi connectivity index (χ1) is 11.7. The zero-order chi connectivity index (χ0) is 16.8. The van der Waals surface area contributed by atoms with Gasteiger partial charge in [-0.25, -0.2) is 0 Å². The summed E-state index contributed by atoms with van der Waals surface area (Å²) in [6.07, 6.45) is 3.46. The van der Waals surface area contributed by atoms with Crippen molar-refractivity contribution in [2.75, 3.05) is 13.2 Å². The van der Waals surface area contributed by atoms with Crippen molar-refractivity contribution in [1.29, 1.82) is 0 Å². The van der Waals surface area contributed by atoms with E-state index < -0.39 is 0 Å². The number of halogens is 1. The maximum atomic E-state index is 12.1. The zero-order valence-corrected chi connectivity index (χ0v) is 14.0. The molecule has 1 fully saturated rings. The summed E-state index contributed by atoms with van der Waals surface area (Å²) in [5, 5.41) is 3.53. The standard InChI is InChI=1S/C18H19ClN2O3/c19-14-4-1-5-16(9-14)24-17-6-7-20-15(10-17)11-21-18(22)13-3-2-8-23-12-13/h1,4-7,9-10,13H,2-3,8,11-12H2,(H,21,22). The van der Waals surface area contributed by atoms with Crippen molar-refractivity contribution in [3.63, 3.8) is 0 Å². The van der Waals surface area contributed by atoms with Crippen molar-refractivity contribution in [3.05, 3.63) is 53.3 Å². The molecule has 0 bridgehead atoms. The molecule has 2 aromatic rings. The van der Waals surface area contributed by atoms with Gasteiger partial charge in [0, 0.05) is 23.9 Å². The molecule has 0 spiro atoms. The number of benzene rings is 1. The topological polar surface area (TPSA) is 60.5 Å². The molecule has 0 saturated carbocycles. The minimum Gasteiger partial charge on any atom is -0.457 e. The molecule has 6 heteroatoms. The van der Waals surface area contributed by atoms with Crippen LogP contribution >= 0.6 is 11.6 Å². The Hall–Kier alpha value is -2.11. The van der Waals surface area contributed by atoms with E-state index in [1.54, 1.807) is 30.5 Å². The van der Waals surface area contributed by atoms with E-state index in [1.807, 2.05) is 12.1 Å². The minimum absolute atomic E-state index is 0.0117. The van der Waals surface area contributed by atoms with Gasteiger partial charge in [-0.05, 0) is 37.1 Å². The van der Waals surface area contributed by atoms with Crippen molar-refractivity contribution in [2.24, 2.45) is 5.92 Å². The van der Waals surface area contributed by atoms with Gasteiger partial charge in [-0.1, -0.05) is 17.7 Å². The summed E-state index contributed by atoms with van der Waals surface area (Å²) in [7, 11) is 0. The third-order valence-corrected chi connectivity index (χ3v) is 4.03. The Morgan fingerprint density at radius 2 is 2.21 bits per heavy atom. The Balaban J connectivity index is 1.57. The lowest BCUT2D eigenvalue weighted by Gasteiger charge is -2.21. The molecule has 1 N–H and O–H groups in total.